The van der Waals surface area contributed by atoms with E-state index in [0.717, 1.165) is 25.1 Å². The predicted molar refractivity (Wildman–Crippen MR) is 61.4 cm³/mol. The van der Waals surface area contributed by atoms with Crippen molar-refractivity contribution in [3.05, 3.63) is 30.3 Å². The summed E-state index contributed by atoms with van der Waals surface area (Å²) in [4.78, 5) is 0. The highest BCUT2D eigenvalue weighted by atomic mass is 16.5. The molecule has 1 saturated heterocycles. The molecule has 3 atom stereocenters. The van der Waals surface area contributed by atoms with Gasteiger partial charge in [0.15, 0.2) is 0 Å². The van der Waals surface area contributed by atoms with E-state index in [-0.39, 0.29) is 6.10 Å². The van der Waals surface area contributed by atoms with E-state index in [1.54, 1.807) is 0 Å². The lowest BCUT2D eigenvalue weighted by Gasteiger charge is -2.20. The topological polar surface area (TPSA) is 41.5 Å². The molecule has 1 aromatic rings. The lowest BCUT2D eigenvalue weighted by atomic mass is 9.95. The van der Waals surface area contributed by atoms with Crippen LogP contribution in [0.15, 0.2) is 30.3 Å². The maximum atomic E-state index is 10.3. The van der Waals surface area contributed by atoms with E-state index in [2.05, 4.69) is 5.32 Å². The van der Waals surface area contributed by atoms with Gasteiger partial charge in [0, 0.05) is 25.4 Å². The van der Waals surface area contributed by atoms with Gasteiger partial charge in [0.25, 0.3) is 0 Å². The van der Waals surface area contributed by atoms with Crippen LogP contribution in [0.3, 0.4) is 0 Å². The molecule has 1 aromatic carbocycles. The molecular formula is C13H17NO2. The fraction of sp³-hybridized carbons (Fsp3) is 0.538. The maximum Gasteiger partial charge on any atom is 0.119 e. The van der Waals surface area contributed by atoms with Crippen LogP contribution in [0.1, 0.15) is 12.8 Å². The first-order valence-electron chi connectivity index (χ1n) is 5.91. The zero-order valence-corrected chi connectivity index (χ0v) is 9.23. The highest BCUT2D eigenvalue weighted by Gasteiger charge is 2.49. The van der Waals surface area contributed by atoms with E-state index < -0.39 is 5.60 Å². The van der Waals surface area contributed by atoms with Gasteiger partial charge < -0.3 is 15.2 Å². The molecule has 2 fully saturated rings. The number of rotatable bonds is 2. The van der Waals surface area contributed by atoms with Gasteiger partial charge in [-0.2, -0.15) is 0 Å². The lowest BCUT2D eigenvalue weighted by Crippen LogP contribution is -2.34. The van der Waals surface area contributed by atoms with E-state index in [0.29, 0.717) is 12.5 Å². The molecule has 1 saturated carbocycles. The van der Waals surface area contributed by atoms with E-state index >= 15 is 0 Å². The second-order valence-corrected chi connectivity index (χ2v) is 4.92. The molecule has 3 rings (SSSR count). The van der Waals surface area contributed by atoms with E-state index in [4.69, 9.17) is 4.74 Å². The van der Waals surface area contributed by atoms with Gasteiger partial charge in [-0.15, -0.1) is 0 Å². The summed E-state index contributed by atoms with van der Waals surface area (Å²) in [6.07, 6.45) is 1.87. The fourth-order valence-electron chi connectivity index (χ4n) is 2.91. The molecule has 0 radical (unpaired) electrons. The Hall–Kier alpha value is -1.06. The highest BCUT2D eigenvalue weighted by Crippen LogP contribution is 2.39. The first kappa shape index (κ1) is 10.1. The molecule has 1 aliphatic heterocycles. The van der Waals surface area contributed by atoms with E-state index in [1.165, 1.54) is 0 Å². The smallest absolute Gasteiger partial charge is 0.119 e. The van der Waals surface area contributed by atoms with Crippen LogP contribution in [-0.2, 0) is 0 Å². The fourth-order valence-corrected chi connectivity index (χ4v) is 2.91. The molecular weight excluding hydrogens is 202 g/mol. The summed E-state index contributed by atoms with van der Waals surface area (Å²) in [5, 5.41) is 13.6. The SMILES string of the molecule is OC12CNCC1CC(Oc1ccccc1)C2. The molecule has 0 amide bonds. The Balaban J connectivity index is 1.67. The number of β-amino-alcohol motifs (C(OH)–C–C–N with tert-alkyl or cyclic N) is 1. The van der Waals surface area contributed by atoms with Crippen LogP contribution in [0.5, 0.6) is 5.75 Å². The zero-order chi connectivity index (χ0) is 11.0. The molecule has 0 spiro atoms. The van der Waals surface area contributed by atoms with Gasteiger partial charge in [-0.1, -0.05) is 18.2 Å². The molecule has 3 heteroatoms. The number of benzene rings is 1. The molecule has 2 aliphatic rings. The third-order valence-electron chi connectivity index (χ3n) is 3.76. The van der Waals surface area contributed by atoms with Crippen molar-refractivity contribution >= 4 is 0 Å². The first-order valence-corrected chi connectivity index (χ1v) is 5.91. The van der Waals surface area contributed by atoms with Crippen molar-refractivity contribution in [3.8, 4) is 5.75 Å². The van der Waals surface area contributed by atoms with Gasteiger partial charge in [0.2, 0.25) is 0 Å². The van der Waals surface area contributed by atoms with Crippen molar-refractivity contribution in [1.82, 2.24) is 5.32 Å². The minimum absolute atomic E-state index is 0.166. The molecule has 86 valence electrons. The number of fused-ring (bicyclic) bond motifs is 1. The number of aliphatic hydroxyl groups is 1. The second-order valence-electron chi connectivity index (χ2n) is 4.92. The maximum absolute atomic E-state index is 10.3. The Morgan fingerprint density at radius 2 is 2.12 bits per heavy atom. The van der Waals surface area contributed by atoms with Crippen LogP contribution < -0.4 is 10.1 Å². The van der Waals surface area contributed by atoms with Gasteiger partial charge >= 0.3 is 0 Å². The van der Waals surface area contributed by atoms with Crippen LogP contribution in [0, 0.1) is 5.92 Å². The minimum Gasteiger partial charge on any atom is -0.490 e. The monoisotopic (exact) mass is 219 g/mol. The van der Waals surface area contributed by atoms with E-state index in [1.807, 2.05) is 30.3 Å². The summed E-state index contributed by atoms with van der Waals surface area (Å²) in [6.45, 7) is 1.64. The number of hydrogen-bond acceptors (Lipinski definition) is 3. The molecule has 3 unspecified atom stereocenters. The van der Waals surface area contributed by atoms with E-state index in [9.17, 15) is 5.11 Å². The van der Waals surface area contributed by atoms with Crippen LogP contribution in [0.4, 0.5) is 0 Å². The number of para-hydroxylation sites is 1. The predicted octanol–water partition coefficient (Wildman–Crippen LogP) is 1.18. The number of ether oxygens (including phenoxy) is 1. The summed E-state index contributed by atoms with van der Waals surface area (Å²) >= 11 is 0. The minimum atomic E-state index is -0.528. The molecule has 2 N–H and O–H groups in total. The average Bonchev–Trinajstić information content (AvgIpc) is 2.74. The third-order valence-corrected chi connectivity index (χ3v) is 3.76. The summed E-state index contributed by atoms with van der Waals surface area (Å²) < 4.78 is 5.89. The lowest BCUT2D eigenvalue weighted by molar-refractivity contribution is 0.0303. The molecule has 3 nitrogen and oxygen atoms in total. The molecule has 0 bridgehead atoms. The normalized spacial score (nSPS) is 37.3. The molecule has 16 heavy (non-hydrogen) atoms. The van der Waals surface area contributed by atoms with Gasteiger partial charge in [-0.25, -0.2) is 0 Å². The summed E-state index contributed by atoms with van der Waals surface area (Å²) in [5.41, 5.74) is -0.528. The Bertz CT molecular complexity index is 367. The molecule has 1 heterocycles. The Labute approximate surface area is 95.4 Å². The third kappa shape index (κ3) is 1.70. The molecule has 0 aromatic heterocycles. The van der Waals surface area contributed by atoms with Crippen molar-refractivity contribution in [3.63, 3.8) is 0 Å². The van der Waals surface area contributed by atoms with Gasteiger partial charge in [-0.05, 0) is 18.6 Å². The standard InChI is InChI=1S/C13H17NO2/c15-13-7-12(6-10(13)8-14-9-13)16-11-4-2-1-3-5-11/h1-5,10,12,14-15H,6-9H2. The zero-order valence-electron chi connectivity index (χ0n) is 9.23. The summed E-state index contributed by atoms with van der Waals surface area (Å²) in [6, 6.07) is 9.86. The van der Waals surface area contributed by atoms with Crippen molar-refractivity contribution in [1.29, 1.82) is 0 Å². The Morgan fingerprint density at radius 3 is 2.88 bits per heavy atom. The second kappa shape index (κ2) is 3.75. The van der Waals surface area contributed by atoms with Crippen LogP contribution >= 0.6 is 0 Å². The first-order chi connectivity index (χ1) is 7.76. The van der Waals surface area contributed by atoms with Crippen molar-refractivity contribution in [2.24, 2.45) is 5.92 Å². The van der Waals surface area contributed by atoms with Gasteiger partial charge in [-0.3, -0.25) is 0 Å². The van der Waals surface area contributed by atoms with Crippen LogP contribution in [-0.4, -0.2) is 29.9 Å². The average molecular weight is 219 g/mol. The highest BCUT2D eigenvalue weighted by molar-refractivity contribution is 5.22. The summed E-state index contributed by atoms with van der Waals surface area (Å²) in [7, 11) is 0. The quantitative estimate of drug-likeness (QED) is 0.784. The summed E-state index contributed by atoms with van der Waals surface area (Å²) in [5.74, 6) is 1.27. The van der Waals surface area contributed by atoms with Crippen LogP contribution in [0.25, 0.3) is 0 Å². The van der Waals surface area contributed by atoms with Crippen molar-refractivity contribution < 1.29 is 9.84 Å². The largest absolute Gasteiger partial charge is 0.490 e. The van der Waals surface area contributed by atoms with Crippen molar-refractivity contribution in [2.75, 3.05) is 13.1 Å². The molecule has 1 aliphatic carbocycles. The Kier molecular flexibility index (Phi) is 2.37. The van der Waals surface area contributed by atoms with Gasteiger partial charge in [0.1, 0.15) is 11.9 Å². The number of hydrogen-bond donors (Lipinski definition) is 2. The number of nitrogens with one attached hydrogen (secondary N) is 1. The van der Waals surface area contributed by atoms with Crippen molar-refractivity contribution in [2.45, 2.75) is 24.5 Å². The van der Waals surface area contributed by atoms with Crippen LogP contribution in [0.2, 0.25) is 0 Å². The van der Waals surface area contributed by atoms with Gasteiger partial charge in [0.05, 0.1) is 5.60 Å². The Morgan fingerprint density at radius 1 is 1.31 bits per heavy atom.